The summed E-state index contributed by atoms with van der Waals surface area (Å²) in [6.45, 7) is 5.53. The first kappa shape index (κ1) is 20.5. The summed E-state index contributed by atoms with van der Waals surface area (Å²) in [5.41, 5.74) is 3.89. The van der Waals surface area contributed by atoms with Crippen LogP contribution in [0.3, 0.4) is 0 Å². The number of fused-ring (bicyclic) bond motifs is 1. The summed E-state index contributed by atoms with van der Waals surface area (Å²) >= 11 is 0. The van der Waals surface area contributed by atoms with Gasteiger partial charge in [0.2, 0.25) is 11.8 Å². The first-order chi connectivity index (χ1) is 14.5. The molecule has 0 bridgehead atoms. The van der Waals surface area contributed by atoms with Gasteiger partial charge in [0.05, 0.1) is 5.92 Å². The van der Waals surface area contributed by atoms with Gasteiger partial charge in [-0.2, -0.15) is 0 Å². The van der Waals surface area contributed by atoms with Gasteiger partial charge in [-0.05, 0) is 48.6 Å². The van der Waals surface area contributed by atoms with Crippen molar-refractivity contribution < 1.29 is 14.0 Å². The number of nitrogens with one attached hydrogen (secondary N) is 1. The number of amides is 2. The Balaban J connectivity index is 1.22. The Kier molecular flexibility index (Phi) is 6.13. The van der Waals surface area contributed by atoms with Gasteiger partial charge in [0.15, 0.2) is 0 Å². The predicted octanol–water partition coefficient (Wildman–Crippen LogP) is 3.05. The maximum atomic E-state index is 13.8. The highest BCUT2D eigenvalue weighted by molar-refractivity contribution is 6.00. The number of halogens is 1. The molecule has 2 amide bonds. The Bertz CT molecular complexity index is 946. The van der Waals surface area contributed by atoms with Gasteiger partial charge in [-0.1, -0.05) is 30.3 Å². The van der Waals surface area contributed by atoms with E-state index in [2.05, 4.69) is 34.5 Å². The Morgan fingerprint density at radius 1 is 1.20 bits per heavy atom. The molecule has 0 spiro atoms. The molecule has 2 aromatic carbocycles. The molecule has 158 valence electrons. The van der Waals surface area contributed by atoms with Crippen LogP contribution >= 0.6 is 0 Å². The Morgan fingerprint density at radius 2 is 2.00 bits per heavy atom. The van der Waals surface area contributed by atoms with Gasteiger partial charge in [-0.15, -0.1) is 0 Å². The molecule has 0 aromatic heterocycles. The van der Waals surface area contributed by atoms with Crippen molar-refractivity contribution in [2.75, 3.05) is 31.1 Å². The van der Waals surface area contributed by atoms with Crippen LogP contribution in [-0.4, -0.2) is 42.9 Å². The molecule has 5 nitrogen and oxygen atoms in total. The molecule has 2 aliphatic heterocycles. The average Bonchev–Trinajstić information content (AvgIpc) is 3.14. The van der Waals surface area contributed by atoms with Gasteiger partial charge in [0.25, 0.3) is 0 Å². The number of rotatable bonds is 6. The van der Waals surface area contributed by atoms with E-state index in [1.54, 1.807) is 19.1 Å². The van der Waals surface area contributed by atoms with Crippen LogP contribution in [0.4, 0.5) is 10.1 Å². The zero-order valence-electron chi connectivity index (χ0n) is 17.4. The minimum Gasteiger partial charge on any atom is -0.356 e. The standard InChI is InChI=1S/C24H28FN3O2/c1-17-7-8-21(14-22(17)25)28-16-20(13-23(28)29)24(30)26-10-4-11-27-12-9-18-5-2-3-6-19(18)15-27/h2-3,5-8,14,20H,4,9-13,15-16H2,1H3,(H,26,30)/t20-/m0/s1. The number of benzene rings is 2. The molecule has 1 N–H and O–H groups in total. The van der Waals surface area contributed by atoms with Gasteiger partial charge in [-0.3, -0.25) is 14.5 Å². The summed E-state index contributed by atoms with van der Waals surface area (Å²) in [6.07, 6.45) is 2.12. The second kappa shape index (κ2) is 8.96. The smallest absolute Gasteiger partial charge is 0.227 e. The highest BCUT2D eigenvalue weighted by atomic mass is 19.1. The lowest BCUT2D eigenvalue weighted by atomic mass is 10.00. The second-order valence-electron chi connectivity index (χ2n) is 8.28. The number of hydrogen-bond donors (Lipinski definition) is 1. The number of carbonyl (C=O) groups is 2. The fourth-order valence-corrected chi connectivity index (χ4v) is 4.29. The monoisotopic (exact) mass is 409 g/mol. The van der Waals surface area contributed by atoms with Crippen LogP contribution in [-0.2, 0) is 22.6 Å². The van der Waals surface area contributed by atoms with Crippen LogP contribution in [0.25, 0.3) is 0 Å². The lowest BCUT2D eigenvalue weighted by Crippen LogP contribution is -2.36. The first-order valence-corrected chi connectivity index (χ1v) is 10.6. The SMILES string of the molecule is Cc1ccc(N2C[C@@H](C(=O)NCCCN3CCc4ccccc4C3)CC2=O)cc1F. The van der Waals surface area contributed by atoms with Crippen LogP contribution in [0.1, 0.15) is 29.5 Å². The molecule has 2 heterocycles. The van der Waals surface area contributed by atoms with Gasteiger partial charge >= 0.3 is 0 Å². The number of aryl methyl sites for hydroxylation is 1. The lowest BCUT2D eigenvalue weighted by Gasteiger charge is -2.28. The summed E-state index contributed by atoms with van der Waals surface area (Å²) in [4.78, 5) is 28.8. The molecule has 1 fully saturated rings. The van der Waals surface area contributed by atoms with E-state index < -0.39 is 0 Å². The van der Waals surface area contributed by atoms with Crippen LogP contribution < -0.4 is 10.2 Å². The summed E-state index contributed by atoms with van der Waals surface area (Å²) in [7, 11) is 0. The zero-order valence-corrected chi connectivity index (χ0v) is 17.4. The van der Waals surface area contributed by atoms with E-state index >= 15 is 0 Å². The normalized spacial score (nSPS) is 19.1. The van der Waals surface area contributed by atoms with Gasteiger partial charge in [0, 0.05) is 44.8 Å². The summed E-state index contributed by atoms with van der Waals surface area (Å²) in [5, 5.41) is 2.98. The van der Waals surface area contributed by atoms with Gasteiger partial charge in [0.1, 0.15) is 5.82 Å². The van der Waals surface area contributed by atoms with Gasteiger partial charge in [-0.25, -0.2) is 4.39 Å². The molecule has 4 rings (SSSR count). The predicted molar refractivity (Wildman–Crippen MR) is 115 cm³/mol. The van der Waals surface area contributed by atoms with Crippen molar-refractivity contribution in [3.8, 4) is 0 Å². The fourth-order valence-electron chi connectivity index (χ4n) is 4.29. The Morgan fingerprint density at radius 3 is 2.80 bits per heavy atom. The molecule has 6 heteroatoms. The molecule has 0 radical (unpaired) electrons. The lowest BCUT2D eigenvalue weighted by molar-refractivity contribution is -0.126. The topological polar surface area (TPSA) is 52.7 Å². The second-order valence-corrected chi connectivity index (χ2v) is 8.28. The van der Waals surface area contributed by atoms with Crippen molar-refractivity contribution in [1.82, 2.24) is 10.2 Å². The molecule has 30 heavy (non-hydrogen) atoms. The minimum atomic E-state index is -0.385. The molecule has 0 unspecified atom stereocenters. The van der Waals surface area contributed by atoms with Crippen LogP contribution in [0.2, 0.25) is 0 Å². The largest absolute Gasteiger partial charge is 0.356 e. The third-order valence-corrected chi connectivity index (χ3v) is 6.12. The Labute approximate surface area is 176 Å². The van der Waals surface area contributed by atoms with E-state index in [4.69, 9.17) is 0 Å². The van der Waals surface area contributed by atoms with E-state index in [9.17, 15) is 14.0 Å². The van der Waals surface area contributed by atoms with E-state index in [1.165, 1.54) is 22.1 Å². The number of hydrogen-bond acceptors (Lipinski definition) is 3. The number of anilines is 1. The minimum absolute atomic E-state index is 0.0950. The van der Waals surface area contributed by atoms with Crippen LogP contribution in [0.15, 0.2) is 42.5 Å². The average molecular weight is 410 g/mol. The molecule has 2 aromatic rings. The van der Waals surface area contributed by atoms with Crippen molar-refractivity contribution in [3.05, 3.63) is 65.0 Å². The summed E-state index contributed by atoms with van der Waals surface area (Å²) in [5.74, 6) is -0.954. The third kappa shape index (κ3) is 4.54. The molecule has 1 atom stereocenters. The molecule has 2 aliphatic rings. The quantitative estimate of drug-likeness (QED) is 0.746. The Hall–Kier alpha value is -2.73. The maximum Gasteiger partial charge on any atom is 0.227 e. The zero-order chi connectivity index (χ0) is 21.1. The molecular formula is C24H28FN3O2. The maximum absolute atomic E-state index is 13.8. The summed E-state index contributed by atoms with van der Waals surface area (Å²) < 4.78 is 13.8. The fraction of sp³-hybridized carbons (Fsp3) is 0.417. The third-order valence-electron chi connectivity index (χ3n) is 6.12. The highest BCUT2D eigenvalue weighted by Gasteiger charge is 2.35. The van der Waals surface area contributed by atoms with E-state index in [-0.39, 0.29) is 30.0 Å². The molecule has 0 aliphatic carbocycles. The van der Waals surface area contributed by atoms with Gasteiger partial charge < -0.3 is 10.2 Å². The van der Waals surface area contributed by atoms with E-state index in [1.807, 2.05) is 0 Å². The van der Waals surface area contributed by atoms with Crippen LogP contribution in [0, 0.1) is 18.7 Å². The highest BCUT2D eigenvalue weighted by Crippen LogP contribution is 2.26. The molecule has 1 saturated heterocycles. The van der Waals surface area contributed by atoms with E-state index in [0.717, 1.165) is 32.5 Å². The van der Waals surface area contributed by atoms with Crippen molar-refractivity contribution in [2.45, 2.75) is 32.7 Å². The molecule has 0 saturated carbocycles. The van der Waals surface area contributed by atoms with Crippen molar-refractivity contribution in [3.63, 3.8) is 0 Å². The van der Waals surface area contributed by atoms with Crippen molar-refractivity contribution >= 4 is 17.5 Å². The van der Waals surface area contributed by atoms with Crippen LogP contribution in [0.5, 0.6) is 0 Å². The van der Waals surface area contributed by atoms with Crippen molar-refractivity contribution in [1.29, 1.82) is 0 Å². The summed E-state index contributed by atoms with van der Waals surface area (Å²) in [6, 6.07) is 13.3. The number of carbonyl (C=O) groups excluding carboxylic acids is 2. The molecular weight excluding hydrogens is 381 g/mol. The first-order valence-electron chi connectivity index (χ1n) is 10.6. The number of nitrogens with zero attached hydrogens (tertiary/aromatic N) is 2. The van der Waals surface area contributed by atoms with E-state index in [0.29, 0.717) is 24.3 Å². The van der Waals surface area contributed by atoms with Crippen molar-refractivity contribution in [2.24, 2.45) is 5.92 Å².